The lowest BCUT2D eigenvalue weighted by atomic mass is 10.0. The Balaban J connectivity index is 1.68. The zero-order chi connectivity index (χ0) is 10.3. The Hall–Kier alpha value is -0.0800. The summed E-state index contributed by atoms with van der Waals surface area (Å²) in [5.74, 6) is 0. The summed E-state index contributed by atoms with van der Waals surface area (Å²) in [6.07, 6.45) is 8.64. The SMILES string of the molecule is CC1(N2CCCN3CCCCC3C2)CC1. The average molecular weight is 208 g/mol. The van der Waals surface area contributed by atoms with Crippen LogP contribution >= 0.6 is 0 Å². The lowest BCUT2D eigenvalue weighted by Crippen LogP contribution is -2.46. The van der Waals surface area contributed by atoms with E-state index in [1.165, 1.54) is 64.7 Å². The average Bonchev–Trinajstić information content (AvgIpc) is 3.00. The van der Waals surface area contributed by atoms with Crippen molar-refractivity contribution < 1.29 is 0 Å². The first kappa shape index (κ1) is 10.1. The second-order valence-corrected chi connectivity index (χ2v) is 5.98. The van der Waals surface area contributed by atoms with Crippen molar-refractivity contribution in [1.29, 1.82) is 0 Å². The molecule has 1 unspecified atom stereocenters. The molecular weight excluding hydrogens is 184 g/mol. The van der Waals surface area contributed by atoms with Gasteiger partial charge in [0, 0.05) is 18.1 Å². The van der Waals surface area contributed by atoms with Crippen molar-refractivity contribution in [2.75, 3.05) is 26.2 Å². The van der Waals surface area contributed by atoms with Crippen molar-refractivity contribution in [3.05, 3.63) is 0 Å². The van der Waals surface area contributed by atoms with Gasteiger partial charge in [-0.3, -0.25) is 9.80 Å². The quantitative estimate of drug-likeness (QED) is 0.651. The number of hydrogen-bond acceptors (Lipinski definition) is 2. The van der Waals surface area contributed by atoms with E-state index in [1.807, 2.05) is 0 Å². The summed E-state index contributed by atoms with van der Waals surface area (Å²) in [5.41, 5.74) is 0.605. The molecule has 0 aromatic rings. The molecule has 2 nitrogen and oxygen atoms in total. The highest BCUT2D eigenvalue weighted by molar-refractivity contribution is 5.01. The summed E-state index contributed by atoms with van der Waals surface area (Å²) in [4.78, 5) is 5.55. The first-order valence-corrected chi connectivity index (χ1v) is 6.77. The molecule has 0 bridgehead atoms. The highest BCUT2D eigenvalue weighted by atomic mass is 15.3. The maximum atomic E-state index is 2.79. The maximum absolute atomic E-state index is 2.79. The molecule has 86 valence electrons. The van der Waals surface area contributed by atoms with Crippen molar-refractivity contribution in [2.24, 2.45) is 0 Å². The van der Waals surface area contributed by atoms with Gasteiger partial charge in [0.15, 0.2) is 0 Å². The molecule has 0 spiro atoms. The molecule has 2 saturated heterocycles. The number of nitrogens with zero attached hydrogens (tertiary/aromatic N) is 2. The zero-order valence-electron chi connectivity index (χ0n) is 10.0. The van der Waals surface area contributed by atoms with Crippen LogP contribution in [0.5, 0.6) is 0 Å². The predicted molar refractivity (Wildman–Crippen MR) is 63.0 cm³/mol. The summed E-state index contributed by atoms with van der Waals surface area (Å²) < 4.78 is 0. The van der Waals surface area contributed by atoms with Gasteiger partial charge in [-0.25, -0.2) is 0 Å². The standard InChI is InChI=1S/C13H24N2/c1-13(6-7-13)15-10-4-9-14-8-3-2-5-12(14)11-15/h12H,2-11H2,1H3. The number of piperidine rings is 1. The van der Waals surface area contributed by atoms with Gasteiger partial charge in [0.1, 0.15) is 0 Å². The van der Waals surface area contributed by atoms with E-state index in [0.717, 1.165) is 6.04 Å². The van der Waals surface area contributed by atoms with Crippen LogP contribution < -0.4 is 0 Å². The lowest BCUT2D eigenvalue weighted by molar-refractivity contribution is 0.117. The third kappa shape index (κ3) is 1.94. The highest BCUT2D eigenvalue weighted by Crippen LogP contribution is 2.42. The van der Waals surface area contributed by atoms with Gasteiger partial charge in [-0.1, -0.05) is 6.42 Å². The Morgan fingerprint density at radius 2 is 1.80 bits per heavy atom. The number of fused-ring (bicyclic) bond motifs is 1. The summed E-state index contributed by atoms with van der Waals surface area (Å²) in [6.45, 7) is 7.90. The van der Waals surface area contributed by atoms with Gasteiger partial charge in [-0.2, -0.15) is 0 Å². The minimum Gasteiger partial charge on any atom is -0.299 e. The molecule has 1 aliphatic carbocycles. The number of rotatable bonds is 1. The third-order valence-corrected chi connectivity index (χ3v) is 4.79. The normalized spacial score (nSPS) is 37.0. The molecule has 0 radical (unpaired) electrons. The van der Waals surface area contributed by atoms with Crippen LogP contribution in [0.4, 0.5) is 0 Å². The molecule has 0 amide bonds. The van der Waals surface area contributed by atoms with Crippen LogP contribution in [0.3, 0.4) is 0 Å². The molecule has 3 rings (SSSR count). The van der Waals surface area contributed by atoms with Crippen molar-refractivity contribution in [3.8, 4) is 0 Å². The predicted octanol–water partition coefficient (Wildman–Crippen LogP) is 2.10. The second kappa shape index (κ2) is 3.74. The van der Waals surface area contributed by atoms with Crippen molar-refractivity contribution in [2.45, 2.75) is 57.0 Å². The molecule has 3 aliphatic rings. The molecule has 0 N–H and O–H groups in total. The van der Waals surface area contributed by atoms with E-state index in [4.69, 9.17) is 0 Å². The topological polar surface area (TPSA) is 6.48 Å². The summed E-state index contributed by atoms with van der Waals surface area (Å²) in [7, 11) is 0. The minimum atomic E-state index is 0.605. The van der Waals surface area contributed by atoms with Crippen molar-refractivity contribution in [1.82, 2.24) is 9.80 Å². The lowest BCUT2D eigenvalue weighted by Gasteiger charge is -2.37. The molecule has 0 aromatic carbocycles. The Morgan fingerprint density at radius 3 is 2.60 bits per heavy atom. The fourth-order valence-electron chi connectivity index (χ4n) is 3.36. The van der Waals surface area contributed by atoms with Gasteiger partial charge in [0.2, 0.25) is 0 Å². The van der Waals surface area contributed by atoms with Crippen LogP contribution in [0.1, 0.15) is 45.4 Å². The van der Waals surface area contributed by atoms with E-state index >= 15 is 0 Å². The minimum absolute atomic E-state index is 0.605. The van der Waals surface area contributed by atoms with Gasteiger partial charge in [0.25, 0.3) is 0 Å². The largest absolute Gasteiger partial charge is 0.299 e. The fraction of sp³-hybridized carbons (Fsp3) is 1.00. The summed E-state index contributed by atoms with van der Waals surface area (Å²) in [6, 6.07) is 0.888. The number of hydrogen-bond donors (Lipinski definition) is 0. The molecule has 15 heavy (non-hydrogen) atoms. The second-order valence-electron chi connectivity index (χ2n) is 5.98. The van der Waals surface area contributed by atoms with Crippen LogP contribution in [0, 0.1) is 0 Å². The maximum Gasteiger partial charge on any atom is 0.0223 e. The fourth-order valence-corrected chi connectivity index (χ4v) is 3.36. The van der Waals surface area contributed by atoms with Crippen molar-refractivity contribution in [3.63, 3.8) is 0 Å². The molecule has 1 atom stereocenters. The first-order valence-electron chi connectivity index (χ1n) is 6.77. The van der Waals surface area contributed by atoms with Gasteiger partial charge < -0.3 is 0 Å². The first-order chi connectivity index (χ1) is 7.28. The Morgan fingerprint density at radius 1 is 1.00 bits per heavy atom. The van der Waals surface area contributed by atoms with E-state index in [1.54, 1.807) is 0 Å². The Kier molecular flexibility index (Phi) is 2.52. The van der Waals surface area contributed by atoms with Gasteiger partial charge in [-0.05, 0) is 58.7 Å². The monoisotopic (exact) mass is 208 g/mol. The van der Waals surface area contributed by atoms with Crippen LogP contribution in [-0.2, 0) is 0 Å². The Bertz CT molecular complexity index is 235. The third-order valence-electron chi connectivity index (χ3n) is 4.79. The van der Waals surface area contributed by atoms with E-state index in [2.05, 4.69) is 16.7 Å². The van der Waals surface area contributed by atoms with E-state index in [9.17, 15) is 0 Å². The Labute approximate surface area is 93.6 Å². The molecular formula is C13H24N2. The molecule has 0 aromatic heterocycles. The smallest absolute Gasteiger partial charge is 0.0223 e. The van der Waals surface area contributed by atoms with Gasteiger partial charge >= 0.3 is 0 Å². The highest BCUT2D eigenvalue weighted by Gasteiger charge is 2.44. The van der Waals surface area contributed by atoms with Crippen LogP contribution in [0.2, 0.25) is 0 Å². The molecule has 2 aliphatic heterocycles. The molecule has 2 heterocycles. The summed E-state index contributed by atoms with van der Waals surface area (Å²) >= 11 is 0. The van der Waals surface area contributed by atoms with Crippen LogP contribution in [-0.4, -0.2) is 47.6 Å². The van der Waals surface area contributed by atoms with Gasteiger partial charge in [-0.15, -0.1) is 0 Å². The summed E-state index contributed by atoms with van der Waals surface area (Å²) in [5, 5.41) is 0. The van der Waals surface area contributed by atoms with Crippen molar-refractivity contribution >= 4 is 0 Å². The van der Waals surface area contributed by atoms with E-state index in [0.29, 0.717) is 5.54 Å². The molecule has 2 heteroatoms. The van der Waals surface area contributed by atoms with E-state index < -0.39 is 0 Å². The van der Waals surface area contributed by atoms with Crippen LogP contribution in [0.25, 0.3) is 0 Å². The molecule has 3 fully saturated rings. The van der Waals surface area contributed by atoms with Gasteiger partial charge in [0.05, 0.1) is 0 Å². The van der Waals surface area contributed by atoms with Crippen LogP contribution in [0.15, 0.2) is 0 Å². The zero-order valence-corrected chi connectivity index (χ0v) is 10.0. The van der Waals surface area contributed by atoms with E-state index in [-0.39, 0.29) is 0 Å². The molecule has 1 saturated carbocycles.